The van der Waals surface area contributed by atoms with Gasteiger partial charge in [0.05, 0.1) is 22.1 Å². The van der Waals surface area contributed by atoms with Gasteiger partial charge in [0.15, 0.2) is 0 Å². The summed E-state index contributed by atoms with van der Waals surface area (Å²) in [5, 5.41) is 2.62. The second kappa shape index (κ2) is 7.45. The Hall–Kier alpha value is -3.06. The van der Waals surface area contributed by atoms with Gasteiger partial charge in [-0.3, -0.25) is 19.1 Å². The van der Waals surface area contributed by atoms with Crippen LogP contribution in [0.1, 0.15) is 5.82 Å². The van der Waals surface area contributed by atoms with Crippen molar-refractivity contribution in [3.05, 3.63) is 75.7 Å². The van der Waals surface area contributed by atoms with Crippen LogP contribution in [-0.2, 0) is 11.3 Å². The van der Waals surface area contributed by atoms with E-state index in [0.717, 1.165) is 6.07 Å². The van der Waals surface area contributed by atoms with Crippen molar-refractivity contribution in [3.8, 4) is 11.4 Å². The van der Waals surface area contributed by atoms with Gasteiger partial charge in [0, 0.05) is 12.3 Å². The number of carbonyl (C=O) groups is 1. The molecule has 0 aliphatic carbocycles. The zero-order valence-electron chi connectivity index (χ0n) is 13.7. The molecule has 8 heteroatoms. The van der Waals surface area contributed by atoms with Crippen LogP contribution in [0, 0.1) is 12.7 Å². The largest absolute Gasteiger partial charge is 0.323 e. The van der Waals surface area contributed by atoms with E-state index in [1.165, 1.54) is 22.8 Å². The number of aryl methyl sites for hydroxylation is 1. The standard InChI is InChI=1S/C18H14ClFN4O2/c1-11-22-16(15-4-2-3-7-21-15)9-18(26)24(11)10-17(25)23-14-6-5-12(20)8-13(14)19/h2-9H,10H2,1H3,(H,23,25). The fraction of sp³-hybridized carbons (Fsp3) is 0.111. The van der Waals surface area contributed by atoms with Gasteiger partial charge in [0.2, 0.25) is 5.91 Å². The lowest BCUT2D eigenvalue weighted by molar-refractivity contribution is -0.116. The van der Waals surface area contributed by atoms with Crippen molar-refractivity contribution in [2.75, 3.05) is 5.32 Å². The minimum absolute atomic E-state index is 0.0750. The maximum absolute atomic E-state index is 13.1. The van der Waals surface area contributed by atoms with Crippen LogP contribution >= 0.6 is 11.6 Å². The van der Waals surface area contributed by atoms with Gasteiger partial charge in [0.1, 0.15) is 18.2 Å². The number of hydrogen-bond acceptors (Lipinski definition) is 4. The molecule has 0 aliphatic heterocycles. The van der Waals surface area contributed by atoms with Crippen molar-refractivity contribution in [1.29, 1.82) is 0 Å². The summed E-state index contributed by atoms with van der Waals surface area (Å²) in [7, 11) is 0. The van der Waals surface area contributed by atoms with Crippen LogP contribution in [0.5, 0.6) is 0 Å². The maximum atomic E-state index is 13.1. The SMILES string of the molecule is Cc1nc(-c2ccccn2)cc(=O)n1CC(=O)Nc1ccc(F)cc1Cl. The smallest absolute Gasteiger partial charge is 0.254 e. The number of halogens is 2. The number of carbonyl (C=O) groups excluding carboxylic acids is 1. The Morgan fingerprint density at radius 1 is 1.23 bits per heavy atom. The van der Waals surface area contributed by atoms with E-state index in [-0.39, 0.29) is 22.8 Å². The van der Waals surface area contributed by atoms with Crippen LogP contribution < -0.4 is 10.9 Å². The van der Waals surface area contributed by atoms with E-state index < -0.39 is 11.7 Å². The number of aromatic nitrogens is 3. The number of nitrogens with zero attached hydrogens (tertiary/aromatic N) is 3. The molecule has 26 heavy (non-hydrogen) atoms. The van der Waals surface area contributed by atoms with Crippen LogP contribution in [0.25, 0.3) is 11.4 Å². The second-order valence-electron chi connectivity index (χ2n) is 5.50. The van der Waals surface area contributed by atoms with Crippen LogP contribution in [0.2, 0.25) is 5.02 Å². The van der Waals surface area contributed by atoms with Gasteiger partial charge >= 0.3 is 0 Å². The molecule has 0 saturated carbocycles. The predicted octanol–water partition coefficient (Wildman–Crippen LogP) is 3.04. The first-order valence-electron chi connectivity index (χ1n) is 7.69. The zero-order chi connectivity index (χ0) is 18.7. The zero-order valence-corrected chi connectivity index (χ0v) is 14.5. The summed E-state index contributed by atoms with van der Waals surface area (Å²) in [6, 6.07) is 10.3. The number of rotatable bonds is 4. The molecule has 1 aromatic carbocycles. The minimum Gasteiger partial charge on any atom is -0.323 e. The quantitative estimate of drug-likeness (QED) is 0.763. The fourth-order valence-corrected chi connectivity index (χ4v) is 2.60. The van der Waals surface area contributed by atoms with Gasteiger partial charge in [-0.05, 0) is 37.3 Å². The van der Waals surface area contributed by atoms with Gasteiger partial charge in [0.25, 0.3) is 5.56 Å². The van der Waals surface area contributed by atoms with E-state index in [4.69, 9.17) is 11.6 Å². The average molecular weight is 373 g/mol. The van der Waals surface area contributed by atoms with Gasteiger partial charge in [-0.2, -0.15) is 0 Å². The van der Waals surface area contributed by atoms with Crippen LogP contribution in [-0.4, -0.2) is 20.4 Å². The third-order valence-corrected chi connectivity index (χ3v) is 3.95. The first-order valence-corrected chi connectivity index (χ1v) is 8.06. The molecule has 0 atom stereocenters. The topological polar surface area (TPSA) is 76.9 Å². The van der Waals surface area contributed by atoms with Crippen LogP contribution in [0.4, 0.5) is 10.1 Å². The fourth-order valence-electron chi connectivity index (χ4n) is 2.38. The Kier molecular flexibility index (Phi) is 5.09. The molecule has 0 spiro atoms. The Labute approximate surface area is 153 Å². The number of anilines is 1. The Morgan fingerprint density at radius 2 is 2.04 bits per heavy atom. The van der Waals surface area contributed by atoms with Crippen LogP contribution in [0.15, 0.2) is 53.5 Å². The molecule has 0 saturated heterocycles. The molecule has 3 aromatic rings. The molecule has 2 aromatic heterocycles. The van der Waals surface area contributed by atoms with E-state index >= 15 is 0 Å². The summed E-state index contributed by atoms with van der Waals surface area (Å²) in [6.07, 6.45) is 1.61. The van der Waals surface area contributed by atoms with Crippen molar-refractivity contribution < 1.29 is 9.18 Å². The van der Waals surface area contributed by atoms with E-state index in [0.29, 0.717) is 17.2 Å². The minimum atomic E-state index is -0.505. The maximum Gasteiger partial charge on any atom is 0.254 e. The molecule has 1 N–H and O–H groups in total. The lowest BCUT2D eigenvalue weighted by Crippen LogP contribution is -2.30. The molecule has 2 heterocycles. The van der Waals surface area contributed by atoms with E-state index in [2.05, 4.69) is 15.3 Å². The number of pyridine rings is 1. The van der Waals surface area contributed by atoms with Crippen molar-refractivity contribution in [1.82, 2.24) is 14.5 Å². The third-order valence-electron chi connectivity index (χ3n) is 3.63. The van der Waals surface area contributed by atoms with Crippen molar-refractivity contribution >= 4 is 23.2 Å². The molecule has 0 unspecified atom stereocenters. The molecular formula is C18H14ClFN4O2. The molecular weight excluding hydrogens is 359 g/mol. The predicted molar refractivity (Wildman–Crippen MR) is 96.5 cm³/mol. The van der Waals surface area contributed by atoms with Crippen molar-refractivity contribution in [2.45, 2.75) is 13.5 Å². The van der Waals surface area contributed by atoms with E-state index in [1.807, 2.05) is 0 Å². The molecule has 132 valence electrons. The lowest BCUT2D eigenvalue weighted by atomic mass is 10.2. The Bertz CT molecular complexity index is 1020. The first kappa shape index (κ1) is 17.8. The van der Waals surface area contributed by atoms with Gasteiger partial charge in [-0.25, -0.2) is 9.37 Å². The van der Waals surface area contributed by atoms with Crippen molar-refractivity contribution in [2.24, 2.45) is 0 Å². The van der Waals surface area contributed by atoms with E-state index in [9.17, 15) is 14.0 Å². The van der Waals surface area contributed by atoms with E-state index in [1.54, 1.807) is 31.3 Å². The number of amides is 1. The molecule has 1 amide bonds. The van der Waals surface area contributed by atoms with Gasteiger partial charge < -0.3 is 5.32 Å². The molecule has 0 aliphatic rings. The summed E-state index contributed by atoms with van der Waals surface area (Å²) < 4.78 is 14.3. The van der Waals surface area contributed by atoms with Gasteiger partial charge in [-0.15, -0.1) is 0 Å². The number of benzene rings is 1. The normalized spacial score (nSPS) is 10.6. The summed E-state index contributed by atoms with van der Waals surface area (Å²) in [6.45, 7) is 1.39. The lowest BCUT2D eigenvalue weighted by Gasteiger charge is -2.11. The monoisotopic (exact) mass is 372 g/mol. The number of nitrogens with one attached hydrogen (secondary N) is 1. The average Bonchev–Trinajstić information content (AvgIpc) is 2.61. The molecule has 0 fully saturated rings. The summed E-state index contributed by atoms with van der Waals surface area (Å²) in [4.78, 5) is 33.1. The Morgan fingerprint density at radius 3 is 2.69 bits per heavy atom. The number of hydrogen-bond donors (Lipinski definition) is 1. The molecule has 0 radical (unpaired) electrons. The highest BCUT2D eigenvalue weighted by molar-refractivity contribution is 6.33. The highest BCUT2D eigenvalue weighted by Gasteiger charge is 2.12. The molecule has 3 rings (SSSR count). The second-order valence-corrected chi connectivity index (χ2v) is 5.91. The summed E-state index contributed by atoms with van der Waals surface area (Å²) in [5.41, 5.74) is 0.897. The molecule has 0 bridgehead atoms. The molecule has 6 nitrogen and oxygen atoms in total. The Balaban J connectivity index is 1.81. The summed E-state index contributed by atoms with van der Waals surface area (Å²) in [5.74, 6) is -0.607. The first-order chi connectivity index (χ1) is 12.4. The summed E-state index contributed by atoms with van der Waals surface area (Å²) >= 11 is 5.89. The highest BCUT2D eigenvalue weighted by atomic mass is 35.5. The third kappa shape index (κ3) is 3.94. The van der Waals surface area contributed by atoms with Crippen molar-refractivity contribution in [3.63, 3.8) is 0 Å². The highest BCUT2D eigenvalue weighted by Crippen LogP contribution is 2.22. The van der Waals surface area contributed by atoms with Crippen LogP contribution in [0.3, 0.4) is 0 Å². The van der Waals surface area contributed by atoms with Gasteiger partial charge in [-0.1, -0.05) is 17.7 Å².